The fraction of sp³-hybridized carbons (Fsp3) is 0.273. The van der Waals surface area contributed by atoms with Gasteiger partial charge in [-0.2, -0.15) is 4.31 Å². The summed E-state index contributed by atoms with van der Waals surface area (Å²) in [4.78, 5) is 18.9. The van der Waals surface area contributed by atoms with Gasteiger partial charge in [-0.15, -0.1) is 11.3 Å². The quantitative estimate of drug-likeness (QED) is 0.911. The Morgan fingerprint density at radius 1 is 1.47 bits per heavy atom. The molecule has 1 N–H and O–H groups in total. The van der Waals surface area contributed by atoms with Gasteiger partial charge in [0.2, 0.25) is 15.5 Å². The third kappa shape index (κ3) is 2.91. The van der Waals surface area contributed by atoms with Gasteiger partial charge in [0.25, 0.3) is 0 Å². The highest BCUT2D eigenvalue weighted by molar-refractivity contribution is 7.89. The van der Waals surface area contributed by atoms with Gasteiger partial charge in [0.1, 0.15) is 4.90 Å². The second-order valence-electron chi connectivity index (χ2n) is 3.98. The van der Waals surface area contributed by atoms with E-state index in [0.29, 0.717) is 0 Å². The number of nitrogens with zero attached hydrogens (tertiary/aromatic N) is 2. The van der Waals surface area contributed by atoms with E-state index < -0.39 is 15.5 Å². The third-order valence-electron chi connectivity index (χ3n) is 2.52. The van der Waals surface area contributed by atoms with Crippen LogP contribution in [0.2, 0.25) is 0 Å². The maximum atomic E-state index is 12.3. The maximum absolute atomic E-state index is 12.3. The highest BCUT2D eigenvalue weighted by atomic mass is 32.2. The number of H-pyrrole nitrogens is 1. The minimum Gasteiger partial charge on any atom is -0.366 e. The summed E-state index contributed by atoms with van der Waals surface area (Å²) in [5, 5.41) is 0.873. The number of pyridine rings is 1. The Balaban J connectivity index is 2.30. The number of nitrogens with one attached hydrogen (secondary N) is 1. The van der Waals surface area contributed by atoms with Crippen LogP contribution >= 0.6 is 11.3 Å². The highest BCUT2D eigenvalue weighted by Crippen LogP contribution is 2.17. The Morgan fingerprint density at radius 3 is 2.79 bits per heavy atom. The molecule has 2 heterocycles. The Hall–Kier alpha value is -1.51. The lowest BCUT2D eigenvalue weighted by atomic mass is 10.5. The molecule has 0 bridgehead atoms. The molecule has 2 aromatic heterocycles. The summed E-state index contributed by atoms with van der Waals surface area (Å²) in [5.74, 6) is 0. The second kappa shape index (κ2) is 5.24. The first-order valence-corrected chi connectivity index (χ1v) is 7.71. The summed E-state index contributed by atoms with van der Waals surface area (Å²) in [6, 6.07) is 1.19. The first kappa shape index (κ1) is 13.9. The van der Waals surface area contributed by atoms with Crippen molar-refractivity contribution in [1.82, 2.24) is 14.3 Å². The molecule has 8 heteroatoms. The van der Waals surface area contributed by atoms with Crippen LogP contribution in [0.4, 0.5) is 0 Å². The van der Waals surface area contributed by atoms with Crippen LogP contribution in [-0.2, 0) is 16.6 Å². The molecule has 2 rings (SSSR count). The SMILES string of the molecule is Cc1ncc(CN(C)S(=O)(=O)c2c[nH]ccc2=O)s1. The van der Waals surface area contributed by atoms with Gasteiger partial charge in [-0.05, 0) is 6.92 Å². The monoisotopic (exact) mass is 299 g/mol. The van der Waals surface area contributed by atoms with Crippen molar-refractivity contribution in [2.75, 3.05) is 7.05 Å². The average Bonchev–Trinajstić information content (AvgIpc) is 2.75. The molecule has 0 aromatic carbocycles. The Bertz CT molecular complexity index is 733. The van der Waals surface area contributed by atoms with Crippen LogP contribution in [0.5, 0.6) is 0 Å². The molecule has 2 aromatic rings. The van der Waals surface area contributed by atoms with Crippen LogP contribution in [0.3, 0.4) is 0 Å². The Labute approximate surface area is 114 Å². The van der Waals surface area contributed by atoms with Crippen molar-refractivity contribution in [3.05, 3.63) is 44.8 Å². The van der Waals surface area contributed by atoms with Gasteiger partial charge in [0, 0.05) is 43.1 Å². The minimum absolute atomic E-state index is 0.197. The zero-order valence-corrected chi connectivity index (χ0v) is 12.1. The topological polar surface area (TPSA) is 83.1 Å². The number of aromatic nitrogens is 2. The van der Waals surface area contributed by atoms with E-state index >= 15 is 0 Å². The van der Waals surface area contributed by atoms with Gasteiger partial charge < -0.3 is 4.98 Å². The molecule has 6 nitrogen and oxygen atoms in total. The van der Waals surface area contributed by atoms with Crippen LogP contribution in [0.15, 0.2) is 34.3 Å². The van der Waals surface area contributed by atoms with E-state index in [4.69, 9.17) is 0 Å². The van der Waals surface area contributed by atoms with Crippen molar-refractivity contribution in [2.24, 2.45) is 0 Å². The largest absolute Gasteiger partial charge is 0.366 e. The van der Waals surface area contributed by atoms with Gasteiger partial charge in [0.05, 0.1) is 5.01 Å². The van der Waals surface area contributed by atoms with E-state index in [1.807, 2.05) is 6.92 Å². The van der Waals surface area contributed by atoms with Gasteiger partial charge in [-0.3, -0.25) is 4.79 Å². The molecule has 0 aliphatic rings. The van der Waals surface area contributed by atoms with Crippen molar-refractivity contribution in [1.29, 1.82) is 0 Å². The number of hydrogen-bond donors (Lipinski definition) is 1. The third-order valence-corrected chi connectivity index (χ3v) is 5.25. The number of thiazole rings is 1. The average molecular weight is 299 g/mol. The van der Waals surface area contributed by atoms with E-state index in [0.717, 1.165) is 14.2 Å². The molecule has 0 fully saturated rings. The van der Waals surface area contributed by atoms with E-state index in [9.17, 15) is 13.2 Å². The first-order chi connectivity index (χ1) is 8.91. The molecule has 0 atom stereocenters. The smallest absolute Gasteiger partial charge is 0.248 e. The molecule has 102 valence electrons. The Kier molecular flexibility index (Phi) is 3.83. The van der Waals surface area contributed by atoms with Gasteiger partial charge in [0.15, 0.2) is 0 Å². The van der Waals surface area contributed by atoms with Crippen molar-refractivity contribution in [2.45, 2.75) is 18.4 Å². The van der Waals surface area contributed by atoms with Crippen LogP contribution in [0.25, 0.3) is 0 Å². The number of sulfonamides is 1. The van der Waals surface area contributed by atoms with Crippen LogP contribution in [-0.4, -0.2) is 29.7 Å². The van der Waals surface area contributed by atoms with Crippen LogP contribution in [0, 0.1) is 6.92 Å². The lowest BCUT2D eigenvalue weighted by Crippen LogP contribution is -2.30. The number of rotatable bonds is 4. The fourth-order valence-electron chi connectivity index (χ4n) is 1.55. The fourth-order valence-corrected chi connectivity index (χ4v) is 3.67. The molecule has 0 radical (unpaired) electrons. The van der Waals surface area contributed by atoms with Crippen LogP contribution in [0.1, 0.15) is 9.88 Å². The molecule has 0 saturated heterocycles. The van der Waals surface area contributed by atoms with E-state index in [-0.39, 0.29) is 11.4 Å². The van der Waals surface area contributed by atoms with Gasteiger partial charge in [-0.25, -0.2) is 13.4 Å². The zero-order chi connectivity index (χ0) is 14.0. The van der Waals surface area contributed by atoms with E-state index in [2.05, 4.69) is 9.97 Å². The predicted molar refractivity (Wildman–Crippen MR) is 72.6 cm³/mol. The van der Waals surface area contributed by atoms with E-state index in [1.54, 1.807) is 6.20 Å². The Morgan fingerprint density at radius 2 is 2.21 bits per heavy atom. The molecule has 0 unspecified atom stereocenters. The molecule has 0 spiro atoms. The lowest BCUT2D eigenvalue weighted by molar-refractivity contribution is 0.468. The van der Waals surface area contributed by atoms with Crippen LogP contribution < -0.4 is 5.43 Å². The standard InChI is InChI=1S/C11H13N3O3S2/c1-8-13-5-9(18-8)7-14(2)19(16,17)11-6-12-4-3-10(11)15/h3-6H,7H2,1-2H3,(H,12,15). The van der Waals surface area contributed by atoms with Crippen molar-refractivity contribution in [3.8, 4) is 0 Å². The minimum atomic E-state index is -3.79. The summed E-state index contributed by atoms with van der Waals surface area (Å²) >= 11 is 1.43. The van der Waals surface area contributed by atoms with Crippen molar-refractivity contribution < 1.29 is 8.42 Å². The summed E-state index contributed by atoms with van der Waals surface area (Å²) in [5.41, 5.74) is -0.522. The number of aryl methyl sites for hydroxylation is 1. The van der Waals surface area contributed by atoms with Crippen molar-refractivity contribution in [3.63, 3.8) is 0 Å². The number of aromatic amines is 1. The molecule has 0 aliphatic heterocycles. The maximum Gasteiger partial charge on any atom is 0.248 e. The summed E-state index contributed by atoms with van der Waals surface area (Å²) in [6.07, 6.45) is 4.24. The number of hydrogen-bond acceptors (Lipinski definition) is 5. The predicted octanol–water partition coefficient (Wildman–Crippen LogP) is 0.961. The summed E-state index contributed by atoms with van der Waals surface area (Å²) in [7, 11) is -2.35. The molecule has 0 amide bonds. The van der Waals surface area contributed by atoms with E-state index in [1.165, 1.54) is 36.8 Å². The molecule has 0 saturated carbocycles. The zero-order valence-electron chi connectivity index (χ0n) is 10.5. The van der Waals surface area contributed by atoms with Gasteiger partial charge >= 0.3 is 0 Å². The van der Waals surface area contributed by atoms with Gasteiger partial charge in [-0.1, -0.05) is 0 Å². The molecule has 19 heavy (non-hydrogen) atoms. The summed E-state index contributed by atoms with van der Waals surface area (Å²) < 4.78 is 25.7. The summed E-state index contributed by atoms with van der Waals surface area (Å²) in [6.45, 7) is 2.05. The second-order valence-corrected chi connectivity index (χ2v) is 7.31. The molecular formula is C11H13N3O3S2. The molecule has 0 aliphatic carbocycles. The lowest BCUT2D eigenvalue weighted by Gasteiger charge is -2.15. The highest BCUT2D eigenvalue weighted by Gasteiger charge is 2.24. The van der Waals surface area contributed by atoms with Crippen molar-refractivity contribution >= 4 is 21.4 Å². The first-order valence-electron chi connectivity index (χ1n) is 5.46. The normalized spacial score (nSPS) is 11.9. The molecular weight excluding hydrogens is 286 g/mol.